The van der Waals surface area contributed by atoms with Crippen molar-refractivity contribution in [3.8, 4) is 0 Å². The van der Waals surface area contributed by atoms with Crippen LogP contribution in [0.4, 0.5) is 0 Å². The minimum Gasteiger partial charge on any atom is -0.404 e. The molecule has 1 unspecified atom stereocenters. The summed E-state index contributed by atoms with van der Waals surface area (Å²) in [6, 6.07) is 22.0. The maximum absolute atomic E-state index is 10.8. The van der Waals surface area contributed by atoms with E-state index in [0.29, 0.717) is 0 Å². The lowest BCUT2D eigenvalue weighted by Gasteiger charge is -2.43. The molecule has 0 heterocycles. The first-order valence-electron chi connectivity index (χ1n) is 10.1. The van der Waals surface area contributed by atoms with Gasteiger partial charge in [-0.2, -0.15) is 0 Å². The molecule has 2 nitrogen and oxygen atoms in total. The number of hydrogen-bond acceptors (Lipinski definition) is 2. The van der Waals surface area contributed by atoms with E-state index in [1.165, 1.54) is 10.4 Å². The third-order valence-corrected chi connectivity index (χ3v) is 11.6. The van der Waals surface area contributed by atoms with E-state index >= 15 is 0 Å². The summed E-state index contributed by atoms with van der Waals surface area (Å²) in [7, 11) is -3.93. The molecule has 0 aliphatic rings. The molecule has 0 aliphatic carbocycles. The molecule has 2 aromatic rings. The normalized spacial score (nSPS) is 14.0. The number of aliphatic hydroxyl groups is 1. The van der Waals surface area contributed by atoms with Crippen molar-refractivity contribution in [2.24, 2.45) is 0 Å². The molecule has 0 bridgehead atoms. The lowest BCUT2D eigenvalue weighted by Crippen LogP contribution is -2.67. The van der Waals surface area contributed by atoms with E-state index in [1.807, 2.05) is 12.1 Å². The van der Waals surface area contributed by atoms with Crippen molar-refractivity contribution < 1.29 is 9.53 Å². The molecular formula is C24H36O2Si2. The third kappa shape index (κ3) is 5.32. The molecule has 1 atom stereocenters. The average Bonchev–Trinajstić information content (AvgIpc) is 2.61. The largest absolute Gasteiger partial charge is 0.404 e. The Morgan fingerprint density at radius 3 is 1.71 bits per heavy atom. The monoisotopic (exact) mass is 412 g/mol. The summed E-state index contributed by atoms with van der Waals surface area (Å²) < 4.78 is 6.81. The molecule has 0 aromatic heterocycles. The van der Waals surface area contributed by atoms with Gasteiger partial charge < -0.3 is 9.53 Å². The van der Waals surface area contributed by atoms with Crippen molar-refractivity contribution in [2.75, 3.05) is 6.61 Å². The van der Waals surface area contributed by atoms with Crippen molar-refractivity contribution in [3.05, 3.63) is 72.8 Å². The molecule has 28 heavy (non-hydrogen) atoms. The van der Waals surface area contributed by atoms with Crippen molar-refractivity contribution in [1.82, 2.24) is 0 Å². The molecule has 2 rings (SSSR count). The smallest absolute Gasteiger partial charge is 0.261 e. The summed E-state index contributed by atoms with van der Waals surface area (Å²) in [5, 5.41) is 13.2. The van der Waals surface area contributed by atoms with Gasteiger partial charge in [0.2, 0.25) is 0 Å². The van der Waals surface area contributed by atoms with Gasteiger partial charge in [-0.15, -0.1) is 0 Å². The average molecular weight is 413 g/mol. The van der Waals surface area contributed by atoms with Gasteiger partial charge in [0.1, 0.15) is 0 Å². The Hall–Kier alpha value is -1.47. The van der Waals surface area contributed by atoms with Crippen LogP contribution in [0.3, 0.4) is 0 Å². The summed E-state index contributed by atoms with van der Waals surface area (Å²) in [6.07, 6.45) is -0.631. The van der Waals surface area contributed by atoms with Gasteiger partial charge in [-0.25, -0.2) is 0 Å². The van der Waals surface area contributed by atoms with Gasteiger partial charge >= 0.3 is 0 Å². The Morgan fingerprint density at radius 2 is 1.36 bits per heavy atom. The number of benzene rings is 2. The van der Waals surface area contributed by atoms with Gasteiger partial charge in [0, 0.05) is 8.07 Å². The third-order valence-electron chi connectivity index (χ3n) is 5.10. The highest BCUT2D eigenvalue weighted by Crippen LogP contribution is 2.37. The SMILES string of the molecule is C=C(C[Si](C)(C)C)C(O)CO[Si](c1ccccc1)(c1ccccc1)C(C)(C)C. The molecular weight excluding hydrogens is 376 g/mol. The minimum atomic E-state index is -2.61. The molecule has 0 amide bonds. The second kappa shape index (κ2) is 8.91. The van der Waals surface area contributed by atoms with E-state index in [1.54, 1.807) is 0 Å². The summed E-state index contributed by atoms with van der Waals surface area (Å²) >= 11 is 0. The van der Waals surface area contributed by atoms with E-state index in [2.05, 4.69) is 95.5 Å². The Morgan fingerprint density at radius 1 is 0.929 bits per heavy atom. The van der Waals surface area contributed by atoms with Gasteiger partial charge in [0.25, 0.3) is 8.32 Å². The van der Waals surface area contributed by atoms with Crippen LogP contribution in [-0.4, -0.2) is 34.2 Å². The van der Waals surface area contributed by atoms with Crippen molar-refractivity contribution >= 4 is 26.8 Å². The highest BCUT2D eigenvalue weighted by Gasteiger charge is 2.50. The van der Waals surface area contributed by atoms with E-state index in [0.717, 1.165) is 11.6 Å². The van der Waals surface area contributed by atoms with Gasteiger partial charge in [-0.3, -0.25) is 0 Å². The van der Waals surface area contributed by atoms with Gasteiger partial charge in [0.15, 0.2) is 0 Å². The van der Waals surface area contributed by atoms with Crippen LogP contribution in [0, 0.1) is 0 Å². The Kier molecular flexibility index (Phi) is 7.26. The predicted molar refractivity (Wildman–Crippen MR) is 127 cm³/mol. The second-order valence-electron chi connectivity index (χ2n) is 9.89. The Balaban J connectivity index is 2.43. The molecule has 152 valence electrons. The first-order chi connectivity index (χ1) is 13.0. The topological polar surface area (TPSA) is 29.5 Å². The fourth-order valence-corrected chi connectivity index (χ4v) is 10.0. The molecule has 4 heteroatoms. The quantitative estimate of drug-likeness (QED) is 0.497. The van der Waals surface area contributed by atoms with E-state index in [9.17, 15) is 5.11 Å². The molecule has 0 radical (unpaired) electrons. The maximum atomic E-state index is 10.8. The van der Waals surface area contributed by atoms with E-state index < -0.39 is 22.5 Å². The lowest BCUT2D eigenvalue weighted by molar-refractivity contribution is 0.130. The predicted octanol–water partition coefficient (Wildman–Crippen LogP) is 4.82. The second-order valence-corrected chi connectivity index (χ2v) is 19.7. The van der Waals surface area contributed by atoms with Crippen LogP contribution in [0.1, 0.15) is 20.8 Å². The van der Waals surface area contributed by atoms with Gasteiger partial charge in [0.05, 0.1) is 12.7 Å². The molecule has 2 aromatic carbocycles. The summed E-state index contributed by atoms with van der Waals surface area (Å²) in [6.45, 7) is 18.1. The van der Waals surface area contributed by atoms with Crippen LogP contribution in [0.5, 0.6) is 0 Å². The Labute approximate surface area is 173 Å². The highest BCUT2D eigenvalue weighted by atomic mass is 28.4. The zero-order valence-corrected chi connectivity index (χ0v) is 20.3. The van der Waals surface area contributed by atoms with Crippen molar-refractivity contribution in [2.45, 2.75) is 57.6 Å². The molecule has 0 spiro atoms. The standard InChI is InChI=1S/C24H36O2Si2/c1-20(19-27(5,6)7)23(25)18-26-28(24(2,3)4,21-14-10-8-11-15-21)22-16-12-9-13-17-22/h8-17,23,25H,1,18-19H2,2-7H3. The summed E-state index contributed by atoms with van der Waals surface area (Å²) in [5.74, 6) is 0. The fourth-order valence-electron chi connectivity index (χ4n) is 3.88. The zero-order chi connectivity index (χ0) is 21.0. The number of hydrogen-bond donors (Lipinski definition) is 1. The maximum Gasteiger partial charge on any atom is 0.261 e. The number of rotatable bonds is 8. The van der Waals surface area contributed by atoms with Crippen molar-refractivity contribution in [3.63, 3.8) is 0 Å². The Bertz CT molecular complexity index is 719. The summed E-state index contributed by atoms with van der Waals surface area (Å²) in [4.78, 5) is 0. The van der Waals surface area contributed by atoms with E-state index in [4.69, 9.17) is 4.43 Å². The van der Waals surface area contributed by atoms with Gasteiger partial charge in [-0.1, -0.05) is 108 Å². The molecule has 1 N–H and O–H groups in total. The molecule has 0 fully saturated rings. The number of aliphatic hydroxyl groups excluding tert-OH is 1. The molecule has 0 saturated heterocycles. The van der Waals surface area contributed by atoms with Gasteiger partial charge in [-0.05, 0) is 27.0 Å². The fraction of sp³-hybridized carbons (Fsp3) is 0.417. The van der Waals surface area contributed by atoms with Crippen molar-refractivity contribution in [1.29, 1.82) is 0 Å². The first kappa shape index (κ1) is 22.8. The van der Waals surface area contributed by atoms with Crippen LogP contribution in [0.15, 0.2) is 72.8 Å². The molecule has 0 aliphatic heterocycles. The van der Waals surface area contributed by atoms with Crippen LogP contribution in [-0.2, 0) is 4.43 Å². The van der Waals surface area contributed by atoms with Crippen LogP contribution < -0.4 is 10.4 Å². The highest BCUT2D eigenvalue weighted by molar-refractivity contribution is 6.99. The summed E-state index contributed by atoms with van der Waals surface area (Å²) in [5.41, 5.74) is 0.900. The zero-order valence-electron chi connectivity index (χ0n) is 18.3. The van der Waals surface area contributed by atoms with Crippen LogP contribution in [0.2, 0.25) is 30.7 Å². The van der Waals surface area contributed by atoms with E-state index in [-0.39, 0.29) is 11.6 Å². The van der Waals surface area contributed by atoms with Crippen LogP contribution in [0.25, 0.3) is 0 Å². The lowest BCUT2D eigenvalue weighted by atomic mass is 10.2. The van der Waals surface area contributed by atoms with Crippen LogP contribution >= 0.6 is 0 Å². The first-order valence-corrected chi connectivity index (χ1v) is 15.7. The molecule has 0 saturated carbocycles. The minimum absolute atomic E-state index is 0.0878.